The molecular formula is C16H15ClFNO2. The lowest BCUT2D eigenvalue weighted by atomic mass is 10.1. The van der Waals surface area contributed by atoms with E-state index >= 15 is 0 Å². The summed E-state index contributed by atoms with van der Waals surface area (Å²) in [6.45, 7) is 0.586. The molecule has 0 amide bonds. The number of hydrogen-bond donors (Lipinski definition) is 1. The number of ether oxygens (including phenoxy) is 2. The van der Waals surface area contributed by atoms with Crippen LogP contribution in [0.25, 0.3) is 0 Å². The molecule has 0 aliphatic carbocycles. The van der Waals surface area contributed by atoms with Gasteiger partial charge in [-0.1, -0.05) is 11.6 Å². The first-order valence-corrected chi connectivity index (χ1v) is 7.06. The van der Waals surface area contributed by atoms with E-state index in [0.29, 0.717) is 18.0 Å². The molecule has 0 fully saturated rings. The number of hydrogen-bond acceptors (Lipinski definition) is 3. The normalized spacial score (nSPS) is 16.2. The number of anilines is 1. The predicted molar refractivity (Wildman–Crippen MR) is 81.0 cm³/mol. The van der Waals surface area contributed by atoms with Gasteiger partial charge in [-0.2, -0.15) is 0 Å². The fourth-order valence-corrected chi connectivity index (χ4v) is 2.58. The largest absolute Gasteiger partial charge is 0.497 e. The van der Waals surface area contributed by atoms with Gasteiger partial charge in [0, 0.05) is 18.1 Å². The van der Waals surface area contributed by atoms with Crippen molar-refractivity contribution in [3.05, 3.63) is 52.8 Å². The van der Waals surface area contributed by atoms with Crippen LogP contribution in [0.2, 0.25) is 5.02 Å². The van der Waals surface area contributed by atoms with E-state index < -0.39 is 0 Å². The Hall–Kier alpha value is -1.94. The molecule has 21 heavy (non-hydrogen) atoms. The van der Waals surface area contributed by atoms with Crippen LogP contribution in [0.4, 0.5) is 10.1 Å². The summed E-state index contributed by atoms with van der Waals surface area (Å²) in [4.78, 5) is 0. The minimum absolute atomic E-state index is 0.0379. The average Bonchev–Trinajstić information content (AvgIpc) is 2.88. The van der Waals surface area contributed by atoms with E-state index in [9.17, 15) is 4.39 Å². The number of benzene rings is 2. The van der Waals surface area contributed by atoms with Gasteiger partial charge in [-0.15, -0.1) is 0 Å². The van der Waals surface area contributed by atoms with Crippen LogP contribution in [0.15, 0.2) is 36.4 Å². The number of rotatable bonds is 4. The second kappa shape index (κ2) is 5.82. The van der Waals surface area contributed by atoms with E-state index in [1.54, 1.807) is 25.3 Å². The molecule has 0 radical (unpaired) electrons. The van der Waals surface area contributed by atoms with Gasteiger partial charge >= 0.3 is 0 Å². The Bertz CT molecular complexity index is 663. The highest BCUT2D eigenvalue weighted by Crippen LogP contribution is 2.31. The fourth-order valence-electron chi connectivity index (χ4n) is 2.39. The zero-order valence-electron chi connectivity index (χ0n) is 11.5. The summed E-state index contributed by atoms with van der Waals surface area (Å²) in [5.41, 5.74) is 1.69. The molecular weight excluding hydrogens is 293 g/mol. The molecule has 1 unspecified atom stereocenters. The molecule has 1 aliphatic rings. The molecule has 1 atom stereocenters. The maximum Gasteiger partial charge on any atom is 0.123 e. The summed E-state index contributed by atoms with van der Waals surface area (Å²) in [5, 5.41) is 3.87. The first-order valence-electron chi connectivity index (χ1n) is 6.68. The molecule has 3 rings (SSSR count). The third-order valence-electron chi connectivity index (χ3n) is 3.46. The third kappa shape index (κ3) is 3.05. The van der Waals surface area contributed by atoms with Gasteiger partial charge in [-0.25, -0.2) is 4.39 Å². The Morgan fingerprint density at radius 3 is 3.00 bits per heavy atom. The molecule has 1 aliphatic heterocycles. The molecule has 2 aromatic carbocycles. The van der Waals surface area contributed by atoms with Crippen molar-refractivity contribution in [2.45, 2.75) is 12.5 Å². The lowest BCUT2D eigenvalue weighted by molar-refractivity contribution is 0.246. The first kappa shape index (κ1) is 14.0. The van der Waals surface area contributed by atoms with Gasteiger partial charge in [0.05, 0.1) is 24.4 Å². The lowest BCUT2D eigenvalue weighted by Gasteiger charge is -2.14. The topological polar surface area (TPSA) is 30.5 Å². The zero-order chi connectivity index (χ0) is 14.8. The molecule has 0 saturated heterocycles. The quantitative estimate of drug-likeness (QED) is 0.929. The van der Waals surface area contributed by atoms with Gasteiger partial charge < -0.3 is 14.8 Å². The van der Waals surface area contributed by atoms with E-state index in [2.05, 4.69) is 5.32 Å². The van der Waals surface area contributed by atoms with Crippen LogP contribution in [0.5, 0.6) is 11.5 Å². The summed E-state index contributed by atoms with van der Waals surface area (Å²) in [6, 6.07) is 10.0. The Morgan fingerprint density at radius 1 is 1.33 bits per heavy atom. The molecule has 1 heterocycles. The van der Waals surface area contributed by atoms with E-state index in [0.717, 1.165) is 22.7 Å². The van der Waals surface area contributed by atoms with Crippen LogP contribution in [0, 0.1) is 5.82 Å². The molecule has 0 bridgehead atoms. The van der Waals surface area contributed by atoms with Gasteiger partial charge in [0.25, 0.3) is 0 Å². The highest BCUT2D eigenvalue weighted by molar-refractivity contribution is 6.33. The van der Waals surface area contributed by atoms with Crippen molar-refractivity contribution < 1.29 is 13.9 Å². The predicted octanol–water partition coefficient (Wildman–Crippen LogP) is 3.90. The minimum atomic E-state index is -0.234. The zero-order valence-corrected chi connectivity index (χ0v) is 12.3. The third-order valence-corrected chi connectivity index (χ3v) is 3.79. The molecule has 0 spiro atoms. The summed E-state index contributed by atoms with van der Waals surface area (Å²) in [5.74, 6) is 1.25. The molecule has 2 aromatic rings. The monoisotopic (exact) mass is 307 g/mol. The summed E-state index contributed by atoms with van der Waals surface area (Å²) in [7, 11) is 1.61. The van der Waals surface area contributed by atoms with E-state index in [1.165, 1.54) is 12.1 Å². The number of fused-ring (bicyclic) bond motifs is 1. The Labute approximate surface area is 127 Å². The number of nitrogens with one attached hydrogen (secondary N) is 1. The number of methoxy groups -OCH3 is 1. The Morgan fingerprint density at radius 2 is 2.19 bits per heavy atom. The van der Waals surface area contributed by atoms with Crippen molar-refractivity contribution in [2.24, 2.45) is 0 Å². The van der Waals surface area contributed by atoms with Crippen LogP contribution >= 0.6 is 11.6 Å². The SMILES string of the molecule is COc1ccc(Cl)c(NCC2Cc3cc(F)ccc3O2)c1. The van der Waals surface area contributed by atoms with Gasteiger partial charge in [-0.05, 0) is 30.3 Å². The molecule has 5 heteroatoms. The van der Waals surface area contributed by atoms with Crippen LogP contribution in [0.3, 0.4) is 0 Å². The highest BCUT2D eigenvalue weighted by atomic mass is 35.5. The molecule has 110 valence electrons. The van der Waals surface area contributed by atoms with Crippen LogP contribution in [0.1, 0.15) is 5.56 Å². The average molecular weight is 308 g/mol. The maximum atomic E-state index is 13.2. The maximum absolute atomic E-state index is 13.2. The van der Waals surface area contributed by atoms with Crippen molar-refractivity contribution in [3.63, 3.8) is 0 Å². The second-order valence-electron chi connectivity index (χ2n) is 4.92. The van der Waals surface area contributed by atoms with Crippen LogP contribution in [-0.4, -0.2) is 19.8 Å². The summed E-state index contributed by atoms with van der Waals surface area (Å²) >= 11 is 6.14. The smallest absolute Gasteiger partial charge is 0.123 e. The van der Waals surface area contributed by atoms with Crippen molar-refractivity contribution in [1.82, 2.24) is 0 Å². The lowest BCUT2D eigenvalue weighted by Crippen LogP contribution is -2.24. The van der Waals surface area contributed by atoms with Crippen LogP contribution < -0.4 is 14.8 Å². The standard InChI is InChI=1S/C16H15ClFNO2/c1-20-12-3-4-14(17)15(8-12)19-9-13-7-10-6-11(18)2-5-16(10)21-13/h2-6,8,13,19H,7,9H2,1H3. The van der Waals surface area contributed by atoms with Crippen molar-refractivity contribution in [3.8, 4) is 11.5 Å². The van der Waals surface area contributed by atoms with Crippen molar-refractivity contribution in [2.75, 3.05) is 19.0 Å². The molecule has 1 N–H and O–H groups in total. The van der Waals surface area contributed by atoms with E-state index in [-0.39, 0.29) is 11.9 Å². The van der Waals surface area contributed by atoms with Crippen molar-refractivity contribution in [1.29, 1.82) is 0 Å². The Balaban J connectivity index is 1.65. The first-order chi connectivity index (χ1) is 10.2. The highest BCUT2D eigenvalue weighted by Gasteiger charge is 2.23. The summed E-state index contributed by atoms with van der Waals surface area (Å²) < 4.78 is 24.1. The molecule has 0 saturated carbocycles. The number of halogens is 2. The van der Waals surface area contributed by atoms with E-state index in [4.69, 9.17) is 21.1 Å². The van der Waals surface area contributed by atoms with Crippen molar-refractivity contribution >= 4 is 17.3 Å². The Kier molecular flexibility index (Phi) is 3.88. The fraction of sp³-hybridized carbons (Fsp3) is 0.250. The summed E-state index contributed by atoms with van der Waals surface area (Å²) in [6.07, 6.45) is 0.644. The van der Waals surface area contributed by atoms with E-state index in [1.807, 2.05) is 6.07 Å². The second-order valence-corrected chi connectivity index (χ2v) is 5.33. The van der Waals surface area contributed by atoms with Gasteiger partial charge in [-0.3, -0.25) is 0 Å². The van der Waals surface area contributed by atoms with Gasteiger partial charge in [0.15, 0.2) is 0 Å². The van der Waals surface area contributed by atoms with Gasteiger partial charge in [0.2, 0.25) is 0 Å². The van der Waals surface area contributed by atoms with Gasteiger partial charge in [0.1, 0.15) is 23.4 Å². The minimum Gasteiger partial charge on any atom is -0.497 e. The molecule has 0 aromatic heterocycles. The van der Waals surface area contributed by atoms with Crippen LogP contribution in [-0.2, 0) is 6.42 Å². The molecule has 3 nitrogen and oxygen atoms in total.